The van der Waals surface area contributed by atoms with E-state index in [0.29, 0.717) is 5.56 Å². The van der Waals surface area contributed by atoms with E-state index >= 15 is 0 Å². The number of nitrogens with zero attached hydrogens (tertiary/aromatic N) is 1. The molecule has 0 spiro atoms. The molecule has 1 aromatic rings. The average molecular weight is 322 g/mol. The Hall–Kier alpha value is -1.43. The van der Waals surface area contributed by atoms with E-state index in [2.05, 4.69) is 6.58 Å². The van der Waals surface area contributed by atoms with Gasteiger partial charge in [0.25, 0.3) is 5.78 Å². The van der Waals surface area contributed by atoms with Crippen LogP contribution >= 0.6 is 0 Å². The third kappa shape index (κ3) is 3.98. The van der Waals surface area contributed by atoms with Gasteiger partial charge in [0, 0.05) is 30.0 Å². The molecule has 0 aliphatic rings. The van der Waals surface area contributed by atoms with Gasteiger partial charge in [0.1, 0.15) is 0 Å². The van der Waals surface area contributed by atoms with Crippen LogP contribution in [0.1, 0.15) is 5.56 Å². The molecule has 0 saturated heterocycles. The monoisotopic (exact) mass is 323 g/mol. The number of allylic oxidation sites excluding steroid dienone is 1. The van der Waals surface area contributed by atoms with Crippen molar-refractivity contribution >= 4 is 35.8 Å². The summed E-state index contributed by atoms with van der Waals surface area (Å²) in [7, 11) is 0. The second kappa shape index (κ2) is 6.94. The smallest absolute Gasteiger partial charge is 0.282 e. The summed E-state index contributed by atoms with van der Waals surface area (Å²) < 4.78 is 0. The van der Waals surface area contributed by atoms with Crippen molar-refractivity contribution < 1.29 is 9.72 Å². The quantitative estimate of drug-likeness (QED) is 0.367. The topological polar surface area (TPSA) is 60.2 Å². The molecule has 4 nitrogen and oxygen atoms in total. The van der Waals surface area contributed by atoms with Gasteiger partial charge in [-0.2, -0.15) is 0 Å². The van der Waals surface area contributed by atoms with Gasteiger partial charge in [-0.15, -0.1) is 0 Å². The Kier molecular flexibility index (Phi) is 6.32. The maximum absolute atomic E-state index is 11.1. The average Bonchev–Trinajstić information content (AvgIpc) is 2.26. The summed E-state index contributed by atoms with van der Waals surface area (Å²) in [6, 6.07) is 8.63. The molecule has 0 N–H and O–H groups in total. The van der Waals surface area contributed by atoms with Crippen molar-refractivity contribution in [2.45, 2.75) is 0 Å². The molecule has 5 heteroatoms. The maximum atomic E-state index is 11.1. The van der Waals surface area contributed by atoms with Crippen LogP contribution in [0, 0.1) is 10.1 Å². The van der Waals surface area contributed by atoms with E-state index in [1.165, 1.54) is 6.08 Å². The van der Waals surface area contributed by atoms with E-state index < -0.39 is 16.4 Å². The fourth-order valence-electron chi connectivity index (χ4n) is 1.03. The van der Waals surface area contributed by atoms with Crippen molar-refractivity contribution in [3.63, 3.8) is 0 Å². The molecule has 0 amide bonds. The molecule has 0 bridgehead atoms. The summed E-state index contributed by atoms with van der Waals surface area (Å²) in [6.45, 7) is 3.21. The van der Waals surface area contributed by atoms with Crippen molar-refractivity contribution in [1.29, 1.82) is 0 Å². The van der Waals surface area contributed by atoms with Crippen molar-refractivity contribution in [2.24, 2.45) is 0 Å². The predicted octanol–water partition coefficient (Wildman–Crippen LogP) is 1.68. The zero-order valence-electron chi connectivity index (χ0n) is 8.42. The van der Waals surface area contributed by atoms with Gasteiger partial charge in [0.15, 0.2) is 0 Å². The Balaban J connectivity index is 0.00000225. The zero-order valence-corrected chi connectivity index (χ0v) is 11.3. The number of ketones is 1. The summed E-state index contributed by atoms with van der Waals surface area (Å²) >= 11 is 0. The Morgan fingerprint density at radius 3 is 2.31 bits per heavy atom. The first-order valence-electron chi connectivity index (χ1n) is 4.23. The van der Waals surface area contributed by atoms with Crippen LogP contribution in [0.5, 0.6) is 0 Å². The van der Waals surface area contributed by atoms with Crippen LogP contribution in [0.25, 0.3) is 6.08 Å². The summed E-state index contributed by atoms with van der Waals surface area (Å²) in [6.07, 6.45) is 2.15. The molecule has 16 heavy (non-hydrogen) atoms. The molecule has 0 fully saturated rings. The number of hydrogen-bond acceptors (Lipinski definition) is 3. The molecule has 0 aliphatic heterocycles. The van der Waals surface area contributed by atoms with Crippen LogP contribution in [-0.2, 0) is 4.79 Å². The van der Waals surface area contributed by atoms with Gasteiger partial charge < -0.3 is 0 Å². The first-order chi connectivity index (χ1) is 7.15. The Morgan fingerprint density at radius 2 is 1.88 bits per heavy atom. The minimum absolute atomic E-state index is 0. The fraction of sp³-hybridized carbons (Fsp3) is 0. The van der Waals surface area contributed by atoms with E-state index in [9.17, 15) is 14.9 Å². The van der Waals surface area contributed by atoms with Crippen molar-refractivity contribution in [3.05, 3.63) is 64.4 Å². The number of hydrogen-bond donors (Lipinski definition) is 0. The van der Waals surface area contributed by atoms with E-state index in [0.717, 1.165) is 6.08 Å². The van der Waals surface area contributed by atoms with Crippen LogP contribution in [-0.4, -0.2) is 34.6 Å². The summed E-state index contributed by atoms with van der Waals surface area (Å²) in [4.78, 5) is 21.0. The van der Waals surface area contributed by atoms with Crippen LogP contribution < -0.4 is 0 Å². The van der Waals surface area contributed by atoms with E-state index in [-0.39, 0.29) is 23.9 Å². The Morgan fingerprint density at radius 1 is 1.31 bits per heavy atom. The number of rotatable bonds is 4. The first kappa shape index (κ1) is 14.6. The molecule has 0 aromatic heterocycles. The second-order valence-electron chi connectivity index (χ2n) is 2.77. The van der Waals surface area contributed by atoms with Gasteiger partial charge in [-0.1, -0.05) is 36.9 Å². The van der Waals surface area contributed by atoms with Gasteiger partial charge in [-0.3, -0.25) is 14.9 Å². The Bertz CT molecular complexity index is 426. The molecule has 0 saturated carbocycles. The molecule has 0 unspecified atom stereocenters. The first-order valence-corrected chi connectivity index (χ1v) is 4.23. The molecule has 80 valence electrons. The molecule has 4 radical (unpaired) electrons. The normalized spacial score (nSPS) is 10.1. The van der Waals surface area contributed by atoms with Crippen molar-refractivity contribution in [1.82, 2.24) is 0 Å². The number of nitro groups is 1. The van der Waals surface area contributed by atoms with Crippen LogP contribution in [0.2, 0.25) is 0 Å². The van der Waals surface area contributed by atoms with Crippen LogP contribution in [0.15, 0.2) is 48.7 Å². The van der Waals surface area contributed by atoms with Crippen LogP contribution in [0.4, 0.5) is 0 Å². The largest absolute Gasteiger partial charge is 0.316 e. The van der Waals surface area contributed by atoms with Gasteiger partial charge >= 0.3 is 5.70 Å². The van der Waals surface area contributed by atoms with Gasteiger partial charge in [0.2, 0.25) is 0 Å². The molecular weight excluding hydrogens is 313 g/mol. The van der Waals surface area contributed by atoms with E-state index in [1.807, 2.05) is 0 Å². The molecule has 0 heterocycles. The minimum Gasteiger partial charge on any atom is -0.282 e. The predicted molar refractivity (Wildman–Crippen MR) is 62.4 cm³/mol. The molecule has 0 atom stereocenters. The summed E-state index contributed by atoms with van der Waals surface area (Å²) in [5.74, 6) is -0.691. The summed E-state index contributed by atoms with van der Waals surface area (Å²) in [5.41, 5.74) is 0.135. The summed E-state index contributed by atoms with van der Waals surface area (Å²) in [5, 5.41) is 10.6. The van der Waals surface area contributed by atoms with Gasteiger partial charge in [-0.05, 0) is 11.6 Å². The molecular formula is C11H9NO3Sn. The van der Waals surface area contributed by atoms with Crippen molar-refractivity contribution in [3.8, 4) is 0 Å². The van der Waals surface area contributed by atoms with Gasteiger partial charge in [0.05, 0.1) is 4.92 Å². The molecule has 1 rings (SSSR count). The fourth-order valence-corrected chi connectivity index (χ4v) is 1.03. The number of carbonyl (C=O) groups is 1. The number of carbonyl (C=O) groups excluding carboxylic acids is 1. The standard InChI is InChI=1S/C11H9NO3.Sn/c1-2-11(13)10(12(14)15)8-9-6-4-3-5-7-9;/h2-8H,1H2;. The minimum atomic E-state index is -0.711. The van der Waals surface area contributed by atoms with Crippen molar-refractivity contribution in [2.75, 3.05) is 0 Å². The molecule has 0 aliphatic carbocycles. The zero-order chi connectivity index (χ0) is 11.3. The van der Waals surface area contributed by atoms with Crippen LogP contribution in [0.3, 0.4) is 0 Å². The van der Waals surface area contributed by atoms with Gasteiger partial charge in [-0.25, -0.2) is 0 Å². The van der Waals surface area contributed by atoms with E-state index in [4.69, 9.17) is 0 Å². The molecule has 1 aromatic carbocycles. The van der Waals surface area contributed by atoms with E-state index in [1.54, 1.807) is 30.3 Å². The Labute approximate surface area is 110 Å². The third-order valence-electron chi connectivity index (χ3n) is 1.74. The second-order valence-corrected chi connectivity index (χ2v) is 2.77. The third-order valence-corrected chi connectivity index (χ3v) is 1.74. The maximum Gasteiger partial charge on any atom is 0.316 e. The number of benzene rings is 1. The SMILES string of the molecule is C=CC(=O)C(=Cc1ccccc1)[N+](=O)[O-].[Sn].